The second-order valence-corrected chi connectivity index (χ2v) is 5.05. The van der Waals surface area contributed by atoms with E-state index in [1.807, 2.05) is 6.07 Å². The number of nitrogen functional groups attached to an aromatic ring is 1. The molecule has 2 heterocycles. The van der Waals surface area contributed by atoms with Crippen LogP contribution in [0.2, 0.25) is 5.02 Å². The van der Waals surface area contributed by atoms with Crippen LogP contribution in [-0.4, -0.2) is 23.2 Å². The van der Waals surface area contributed by atoms with Gasteiger partial charge in [-0.3, -0.25) is 0 Å². The van der Waals surface area contributed by atoms with Crippen molar-refractivity contribution in [2.75, 3.05) is 24.3 Å². The quantitative estimate of drug-likeness (QED) is 0.889. The van der Waals surface area contributed by atoms with Crippen LogP contribution in [0.15, 0.2) is 24.4 Å². The summed E-state index contributed by atoms with van der Waals surface area (Å²) in [7, 11) is 0. The number of halogens is 1. The molecule has 0 unspecified atom stereocenters. The zero-order valence-electron chi connectivity index (χ0n) is 10.9. The van der Waals surface area contributed by atoms with E-state index in [-0.39, 0.29) is 5.82 Å². The Morgan fingerprint density at radius 2 is 2.00 bits per heavy atom. The molecule has 0 fully saturated rings. The molecule has 0 aliphatic carbocycles. The molecule has 2 aromatic rings. The van der Waals surface area contributed by atoms with Gasteiger partial charge in [0.1, 0.15) is 10.8 Å². The van der Waals surface area contributed by atoms with E-state index in [2.05, 4.69) is 27.4 Å². The first-order chi connectivity index (χ1) is 9.72. The van der Waals surface area contributed by atoms with E-state index in [9.17, 15) is 0 Å². The fraction of sp³-hybridized carbons (Fsp3) is 0.286. The monoisotopic (exact) mass is 290 g/mol. The van der Waals surface area contributed by atoms with E-state index in [0.717, 1.165) is 31.7 Å². The minimum absolute atomic E-state index is 0.271. The van der Waals surface area contributed by atoms with E-state index in [1.54, 1.807) is 0 Å². The molecule has 1 aromatic carbocycles. The van der Waals surface area contributed by atoms with Crippen molar-refractivity contribution >= 4 is 29.1 Å². The molecule has 1 aliphatic rings. The number of nitrogens with zero attached hydrogens (tertiary/aromatic N) is 2. The highest BCUT2D eigenvalue weighted by atomic mass is 35.5. The van der Waals surface area contributed by atoms with E-state index in [4.69, 9.17) is 22.1 Å². The summed E-state index contributed by atoms with van der Waals surface area (Å²) in [5, 5.41) is 3.50. The van der Waals surface area contributed by atoms with Gasteiger partial charge in [0.2, 0.25) is 5.95 Å². The topological polar surface area (TPSA) is 73.1 Å². The molecule has 0 amide bonds. The number of aromatic nitrogens is 2. The normalized spacial score (nSPS) is 14.4. The molecule has 20 heavy (non-hydrogen) atoms. The van der Waals surface area contributed by atoms with Gasteiger partial charge in [0.15, 0.2) is 0 Å². The molecule has 3 N–H and O–H groups in total. The highest BCUT2D eigenvalue weighted by Crippen LogP contribution is 2.22. The number of fused-ring (bicyclic) bond motifs is 1. The van der Waals surface area contributed by atoms with Crippen LogP contribution in [-0.2, 0) is 17.6 Å². The van der Waals surface area contributed by atoms with Crippen LogP contribution >= 0.6 is 11.6 Å². The standard InChI is InChI=1S/C14H15ClN4O/c15-12-8-17-14(19-13(12)16)18-11-2-1-9-3-5-20-6-4-10(9)7-11/h1-2,7-8H,3-6H2,(H3,16,17,18,19). The minimum atomic E-state index is 0.271. The molecule has 5 nitrogen and oxygen atoms in total. The zero-order chi connectivity index (χ0) is 13.9. The second-order valence-electron chi connectivity index (χ2n) is 4.65. The Hall–Kier alpha value is -1.85. The predicted octanol–water partition coefficient (Wildman–Crippen LogP) is 2.57. The van der Waals surface area contributed by atoms with Gasteiger partial charge in [0.05, 0.1) is 19.4 Å². The first-order valence-corrected chi connectivity index (χ1v) is 6.85. The third-order valence-electron chi connectivity index (χ3n) is 3.27. The van der Waals surface area contributed by atoms with Crippen molar-refractivity contribution in [3.63, 3.8) is 0 Å². The van der Waals surface area contributed by atoms with E-state index < -0.39 is 0 Å². The molecule has 0 atom stereocenters. The van der Waals surface area contributed by atoms with Crippen LogP contribution in [0.1, 0.15) is 11.1 Å². The van der Waals surface area contributed by atoms with Crippen LogP contribution in [0.3, 0.4) is 0 Å². The van der Waals surface area contributed by atoms with Crippen LogP contribution < -0.4 is 11.1 Å². The molecular formula is C14H15ClN4O. The molecule has 0 bridgehead atoms. The predicted molar refractivity (Wildman–Crippen MR) is 79.4 cm³/mol. The van der Waals surface area contributed by atoms with Crippen LogP contribution in [0, 0.1) is 0 Å². The SMILES string of the molecule is Nc1nc(Nc2ccc3c(c2)CCOCC3)ncc1Cl. The number of benzene rings is 1. The van der Waals surface area contributed by atoms with Crippen molar-refractivity contribution < 1.29 is 4.74 Å². The molecule has 6 heteroatoms. The number of anilines is 3. The molecule has 3 rings (SSSR count). The number of nitrogens with two attached hydrogens (primary N) is 1. The maximum Gasteiger partial charge on any atom is 0.229 e. The maximum atomic E-state index is 5.80. The van der Waals surface area contributed by atoms with Crippen LogP contribution in [0.5, 0.6) is 0 Å². The van der Waals surface area contributed by atoms with Gasteiger partial charge >= 0.3 is 0 Å². The molecule has 104 valence electrons. The van der Waals surface area contributed by atoms with Crippen molar-refractivity contribution in [1.82, 2.24) is 9.97 Å². The summed E-state index contributed by atoms with van der Waals surface area (Å²) < 4.78 is 5.49. The van der Waals surface area contributed by atoms with Gasteiger partial charge < -0.3 is 15.8 Å². The number of ether oxygens (including phenoxy) is 1. The van der Waals surface area contributed by atoms with Gasteiger partial charge in [-0.05, 0) is 36.1 Å². The molecule has 0 saturated carbocycles. The van der Waals surface area contributed by atoms with Crippen molar-refractivity contribution in [2.24, 2.45) is 0 Å². The van der Waals surface area contributed by atoms with Crippen molar-refractivity contribution in [3.8, 4) is 0 Å². The fourth-order valence-corrected chi connectivity index (χ4v) is 2.31. The first-order valence-electron chi connectivity index (χ1n) is 6.47. The largest absolute Gasteiger partial charge is 0.382 e. The number of rotatable bonds is 2. The molecular weight excluding hydrogens is 276 g/mol. The Morgan fingerprint density at radius 1 is 1.20 bits per heavy atom. The fourth-order valence-electron chi connectivity index (χ4n) is 2.22. The Morgan fingerprint density at radius 3 is 2.80 bits per heavy atom. The Bertz CT molecular complexity index is 633. The zero-order valence-corrected chi connectivity index (χ0v) is 11.7. The lowest BCUT2D eigenvalue weighted by Gasteiger charge is -2.10. The third kappa shape index (κ3) is 2.84. The molecule has 1 aromatic heterocycles. The molecule has 0 radical (unpaired) electrons. The highest BCUT2D eigenvalue weighted by Gasteiger charge is 2.09. The lowest BCUT2D eigenvalue weighted by Crippen LogP contribution is -2.02. The summed E-state index contributed by atoms with van der Waals surface area (Å²) in [5.41, 5.74) is 9.24. The Labute approximate surface area is 122 Å². The van der Waals surface area contributed by atoms with Crippen LogP contribution in [0.25, 0.3) is 0 Å². The Kier molecular flexibility index (Phi) is 3.71. The smallest absolute Gasteiger partial charge is 0.229 e. The van der Waals surface area contributed by atoms with Crippen molar-refractivity contribution in [3.05, 3.63) is 40.5 Å². The Balaban J connectivity index is 1.83. The summed E-state index contributed by atoms with van der Waals surface area (Å²) in [6.45, 7) is 1.55. The number of hydrogen-bond donors (Lipinski definition) is 2. The van der Waals surface area contributed by atoms with Crippen molar-refractivity contribution in [1.29, 1.82) is 0 Å². The molecule has 1 aliphatic heterocycles. The molecule has 0 spiro atoms. The first kappa shape index (κ1) is 13.1. The number of hydrogen-bond acceptors (Lipinski definition) is 5. The summed E-state index contributed by atoms with van der Waals surface area (Å²) in [6, 6.07) is 6.24. The summed E-state index contributed by atoms with van der Waals surface area (Å²) in [5.74, 6) is 0.712. The van der Waals surface area contributed by atoms with Gasteiger partial charge in [0, 0.05) is 5.69 Å². The van der Waals surface area contributed by atoms with Gasteiger partial charge in [-0.2, -0.15) is 4.98 Å². The van der Waals surface area contributed by atoms with E-state index >= 15 is 0 Å². The van der Waals surface area contributed by atoms with Crippen molar-refractivity contribution in [2.45, 2.75) is 12.8 Å². The van der Waals surface area contributed by atoms with Gasteiger partial charge in [-0.15, -0.1) is 0 Å². The summed E-state index contributed by atoms with van der Waals surface area (Å²) in [4.78, 5) is 8.20. The third-order valence-corrected chi connectivity index (χ3v) is 3.56. The summed E-state index contributed by atoms with van der Waals surface area (Å²) >= 11 is 5.80. The van der Waals surface area contributed by atoms with E-state index in [1.165, 1.54) is 17.3 Å². The van der Waals surface area contributed by atoms with Gasteiger partial charge in [-0.1, -0.05) is 17.7 Å². The average Bonchev–Trinajstić information content (AvgIpc) is 2.68. The second kappa shape index (κ2) is 5.64. The lowest BCUT2D eigenvalue weighted by atomic mass is 10.0. The van der Waals surface area contributed by atoms with E-state index in [0.29, 0.717) is 11.0 Å². The summed E-state index contributed by atoms with van der Waals surface area (Å²) in [6.07, 6.45) is 3.37. The van der Waals surface area contributed by atoms with Crippen LogP contribution in [0.4, 0.5) is 17.5 Å². The molecule has 0 saturated heterocycles. The maximum absolute atomic E-state index is 5.80. The number of nitrogens with one attached hydrogen (secondary N) is 1. The van der Waals surface area contributed by atoms with Gasteiger partial charge in [0.25, 0.3) is 0 Å². The lowest BCUT2D eigenvalue weighted by molar-refractivity contribution is 0.146. The highest BCUT2D eigenvalue weighted by molar-refractivity contribution is 6.32. The van der Waals surface area contributed by atoms with Gasteiger partial charge in [-0.25, -0.2) is 4.98 Å². The minimum Gasteiger partial charge on any atom is -0.382 e. The average molecular weight is 291 g/mol.